The molecule has 1 aromatic rings. The fourth-order valence-corrected chi connectivity index (χ4v) is 2.34. The maximum atomic E-state index is 11.3. The van der Waals surface area contributed by atoms with Gasteiger partial charge >= 0.3 is 6.09 Å². The van der Waals surface area contributed by atoms with E-state index in [4.69, 9.17) is 10.5 Å². The molecule has 1 aliphatic heterocycles. The largest absolute Gasteiger partial charge is 0.453 e. The zero-order chi connectivity index (χ0) is 12.3. The Bertz CT molecular complexity index is 398. The van der Waals surface area contributed by atoms with Crippen molar-refractivity contribution in [2.75, 3.05) is 25.9 Å². The lowest BCUT2D eigenvalue weighted by atomic mass is 9.89. The van der Waals surface area contributed by atoms with Crippen molar-refractivity contribution >= 4 is 11.8 Å². The molecule has 0 spiro atoms. The second-order valence-electron chi connectivity index (χ2n) is 4.40. The first-order valence-corrected chi connectivity index (χ1v) is 5.89. The number of anilines is 1. The van der Waals surface area contributed by atoms with Crippen LogP contribution in [-0.2, 0) is 4.74 Å². The van der Waals surface area contributed by atoms with Crippen molar-refractivity contribution in [2.45, 2.75) is 18.8 Å². The van der Waals surface area contributed by atoms with Crippen LogP contribution in [0.3, 0.4) is 0 Å². The first-order chi connectivity index (χ1) is 8.20. The maximum absolute atomic E-state index is 11.3. The summed E-state index contributed by atoms with van der Waals surface area (Å²) in [7, 11) is 1.42. The van der Waals surface area contributed by atoms with Crippen molar-refractivity contribution in [1.29, 1.82) is 0 Å². The third-order valence-corrected chi connectivity index (χ3v) is 3.31. The second-order valence-corrected chi connectivity index (χ2v) is 4.40. The summed E-state index contributed by atoms with van der Waals surface area (Å²) < 4.78 is 4.72. The highest BCUT2D eigenvalue weighted by molar-refractivity contribution is 5.67. The van der Waals surface area contributed by atoms with Gasteiger partial charge in [-0.2, -0.15) is 0 Å². The molecule has 0 atom stereocenters. The fourth-order valence-electron chi connectivity index (χ4n) is 2.34. The van der Waals surface area contributed by atoms with Crippen LogP contribution in [0.4, 0.5) is 10.5 Å². The van der Waals surface area contributed by atoms with Gasteiger partial charge in [0.15, 0.2) is 0 Å². The number of methoxy groups -OCH3 is 1. The average Bonchev–Trinajstić information content (AvgIpc) is 2.38. The molecule has 1 aromatic carbocycles. The standard InChI is InChI=1S/C13H18N2O2/c1-17-13(16)15-7-5-10(6-8-15)11-3-2-4-12(14)9-11/h2-4,9-10H,5-8,14H2,1H3. The van der Waals surface area contributed by atoms with E-state index in [9.17, 15) is 4.79 Å². The summed E-state index contributed by atoms with van der Waals surface area (Å²) in [6.07, 6.45) is 1.72. The van der Waals surface area contributed by atoms with Crippen molar-refractivity contribution in [3.63, 3.8) is 0 Å². The van der Waals surface area contributed by atoms with Crippen LogP contribution in [0.15, 0.2) is 24.3 Å². The van der Waals surface area contributed by atoms with Crippen LogP contribution < -0.4 is 5.73 Å². The van der Waals surface area contributed by atoms with Crippen LogP contribution >= 0.6 is 0 Å². The summed E-state index contributed by atoms with van der Waals surface area (Å²) in [5.74, 6) is 0.499. The summed E-state index contributed by atoms with van der Waals surface area (Å²) in [5.41, 5.74) is 7.85. The van der Waals surface area contributed by atoms with Gasteiger partial charge in [0.25, 0.3) is 0 Å². The number of benzene rings is 1. The lowest BCUT2D eigenvalue weighted by Crippen LogP contribution is -2.37. The van der Waals surface area contributed by atoms with Gasteiger partial charge in [-0.1, -0.05) is 12.1 Å². The molecule has 0 aromatic heterocycles. The lowest BCUT2D eigenvalue weighted by Gasteiger charge is -2.31. The van der Waals surface area contributed by atoms with Crippen molar-refractivity contribution in [1.82, 2.24) is 4.90 Å². The van der Waals surface area contributed by atoms with E-state index in [-0.39, 0.29) is 6.09 Å². The average molecular weight is 234 g/mol. The first-order valence-electron chi connectivity index (χ1n) is 5.89. The topological polar surface area (TPSA) is 55.6 Å². The molecule has 2 rings (SSSR count). The molecule has 1 saturated heterocycles. The van der Waals surface area contributed by atoms with Gasteiger partial charge in [0, 0.05) is 18.8 Å². The number of carbonyl (C=O) groups is 1. The summed E-state index contributed by atoms with van der Waals surface area (Å²) >= 11 is 0. The van der Waals surface area contributed by atoms with E-state index in [1.807, 2.05) is 18.2 Å². The van der Waals surface area contributed by atoms with E-state index in [0.717, 1.165) is 31.6 Å². The van der Waals surface area contributed by atoms with Gasteiger partial charge in [-0.3, -0.25) is 0 Å². The Morgan fingerprint density at radius 3 is 2.71 bits per heavy atom. The molecule has 0 bridgehead atoms. The van der Waals surface area contributed by atoms with Crippen LogP contribution in [0.25, 0.3) is 0 Å². The van der Waals surface area contributed by atoms with E-state index in [1.54, 1.807) is 4.90 Å². The predicted octanol–water partition coefficient (Wildman–Crippen LogP) is 2.21. The number of nitrogens with zero attached hydrogens (tertiary/aromatic N) is 1. The maximum Gasteiger partial charge on any atom is 0.409 e. The van der Waals surface area contributed by atoms with Gasteiger partial charge in [-0.15, -0.1) is 0 Å². The molecule has 92 valence electrons. The highest BCUT2D eigenvalue weighted by Gasteiger charge is 2.24. The Labute approximate surface area is 101 Å². The molecule has 17 heavy (non-hydrogen) atoms. The SMILES string of the molecule is COC(=O)N1CCC(c2cccc(N)c2)CC1. The van der Waals surface area contributed by atoms with Gasteiger partial charge in [-0.25, -0.2) is 4.79 Å². The van der Waals surface area contributed by atoms with Gasteiger partial charge in [0.05, 0.1) is 7.11 Å². The highest BCUT2D eigenvalue weighted by atomic mass is 16.5. The minimum atomic E-state index is -0.226. The van der Waals surface area contributed by atoms with Crippen LogP contribution in [0.1, 0.15) is 24.3 Å². The number of rotatable bonds is 1. The molecule has 2 N–H and O–H groups in total. The van der Waals surface area contributed by atoms with Gasteiger partial charge in [-0.05, 0) is 36.5 Å². The van der Waals surface area contributed by atoms with E-state index in [0.29, 0.717) is 5.92 Å². The number of hydrogen-bond donors (Lipinski definition) is 1. The van der Waals surface area contributed by atoms with Gasteiger partial charge < -0.3 is 15.4 Å². The molecule has 0 unspecified atom stereocenters. The third-order valence-electron chi connectivity index (χ3n) is 3.31. The monoisotopic (exact) mass is 234 g/mol. The molecule has 1 aliphatic rings. The number of carbonyl (C=O) groups excluding carboxylic acids is 1. The van der Waals surface area contributed by atoms with Crippen molar-refractivity contribution in [3.05, 3.63) is 29.8 Å². The van der Waals surface area contributed by atoms with E-state index in [1.165, 1.54) is 12.7 Å². The molecule has 0 radical (unpaired) electrons. The van der Waals surface area contributed by atoms with Crippen LogP contribution in [0.5, 0.6) is 0 Å². The Morgan fingerprint density at radius 1 is 1.41 bits per heavy atom. The quantitative estimate of drug-likeness (QED) is 0.758. The summed E-state index contributed by atoms with van der Waals surface area (Å²) in [6.45, 7) is 1.51. The number of piperidine rings is 1. The predicted molar refractivity (Wildman–Crippen MR) is 66.8 cm³/mol. The Balaban J connectivity index is 1.97. The summed E-state index contributed by atoms with van der Waals surface area (Å²) in [5, 5.41) is 0. The number of likely N-dealkylation sites (tertiary alicyclic amines) is 1. The van der Waals surface area contributed by atoms with Crippen molar-refractivity contribution in [3.8, 4) is 0 Å². The number of hydrogen-bond acceptors (Lipinski definition) is 3. The third kappa shape index (κ3) is 2.70. The highest BCUT2D eigenvalue weighted by Crippen LogP contribution is 2.29. The minimum Gasteiger partial charge on any atom is -0.453 e. The minimum absolute atomic E-state index is 0.226. The van der Waals surface area contributed by atoms with E-state index < -0.39 is 0 Å². The molecule has 4 nitrogen and oxygen atoms in total. The zero-order valence-corrected chi connectivity index (χ0v) is 10.1. The van der Waals surface area contributed by atoms with Gasteiger partial charge in [0.2, 0.25) is 0 Å². The second kappa shape index (κ2) is 5.08. The Hall–Kier alpha value is -1.71. The van der Waals surface area contributed by atoms with Gasteiger partial charge in [0.1, 0.15) is 0 Å². The number of nitrogen functional groups attached to an aromatic ring is 1. The summed E-state index contributed by atoms with van der Waals surface area (Å²) in [4.78, 5) is 13.1. The molecule has 0 saturated carbocycles. The Morgan fingerprint density at radius 2 is 2.12 bits per heavy atom. The molecule has 1 fully saturated rings. The van der Waals surface area contributed by atoms with Crippen molar-refractivity contribution < 1.29 is 9.53 Å². The van der Waals surface area contributed by atoms with E-state index in [2.05, 4.69) is 6.07 Å². The number of amides is 1. The van der Waals surface area contributed by atoms with Crippen LogP contribution in [-0.4, -0.2) is 31.2 Å². The molecule has 1 heterocycles. The summed E-state index contributed by atoms with van der Waals surface area (Å²) in [6, 6.07) is 8.01. The van der Waals surface area contributed by atoms with Crippen LogP contribution in [0, 0.1) is 0 Å². The zero-order valence-electron chi connectivity index (χ0n) is 10.1. The number of nitrogens with two attached hydrogens (primary N) is 1. The first kappa shape index (κ1) is 11.8. The normalized spacial score (nSPS) is 16.9. The lowest BCUT2D eigenvalue weighted by molar-refractivity contribution is 0.112. The molecular weight excluding hydrogens is 216 g/mol. The molecule has 4 heteroatoms. The van der Waals surface area contributed by atoms with E-state index >= 15 is 0 Å². The Kier molecular flexibility index (Phi) is 3.52. The van der Waals surface area contributed by atoms with Crippen LogP contribution in [0.2, 0.25) is 0 Å². The number of ether oxygens (including phenoxy) is 1. The smallest absolute Gasteiger partial charge is 0.409 e. The van der Waals surface area contributed by atoms with Crippen molar-refractivity contribution in [2.24, 2.45) is 0 Å². The fraction of sp³-hybridized carbons (Fsp3) is 0.462. The molecule has 1 amide bonds. The molecular formula is C13H18N2O2. The molecule has 0 aliphatic carbocycles.